The molecule has 0 radical (unpaired) electrons. The molecule has 0 bridgehead atoms. The Bertz CT molecular complexity index is 176. The topological polar surface area (TPSA) is 121 Å². The van der Waals surface area contributed by atoms with E-state index in [0.29, 0.717) is 0 Å². The van der Waals surface area contributed by atoms with E-state index in [2.05, 4.69) is 0 Å². The van der Waals surface area contributed by atoms with Gasteiger partial charge in [0.15, 0.2) is 0 Å². The van der Waals surface area contributed by atoms with Gasteiger partial charge in [-0.05, 0) is 37.3 Å². The lowest BCUT2D eigenvalue weighted by atomic mass is 10.9. The van der Waals surface area contributed by atoms with Crippen molar-refractivity contribution in [3.05, 3.63) is 0 Å². The Kier molecular flexibility index (Phi) is 5.30. The highest BCUT2D eigenvalue weighted by Crippen LogP contribution is 2.20. The van der Waals surface area contributed by atoms with Crippen LogP contribution in [0.5, 0.6) is 0 Å². The Balaban J connectivity index is 3.98. The van der Waals surface area contributed by atoms with Gasteiger partial charge in [0.25, 0.3) is 0 Å². The van der Waals surface area contributed by atoms with Gasteiger partial charge in [-0.1, -0.05) is 0 Å². The second kappa shape index (κ2) is 5.16. The second-order valence-corrected chi connectivity index (χ2v) is 13.2. The summed E-state index contributed by atoms with van der Waals surface area (Å²) >= 11 is 0. The fourth-order valence-corrected chi connectivity index (χ4v) is 8.24. The minimum Gasteiger partial charge on any atom is -0.411 e. The summed E-state index contributed by atoms with van der Waals surface area (Å²) in [7, 11) is -9.98. The molecule has 0 amide bonds. The molecule has 0 aromatic carbocycles. The standard InChI is InChI=1S/C6H20O6Si3/c1-13(7,8)3-5-15(11,12)6-4-14(2,9)10/h7-12H,3-6H2,1-2H3. The molecule has 0 atom stereocenters. The van der Waals surface area contributed by atoms with Crippen LogP contribution in [0.1, 0.15) is 0 Å². The molecule has 0 rings (SSSR count). The van der Waals surface area contributed by atoms with Crippen molar-refractivity contribution in [1.82, 2.24) is 0 Å². The maximum atomic E-state index is 9.54. The van der Waals surface area contributed by atoms with Crippen LogP contribution in [0.4, 0.5) is 0 Å². The monoisotopic (exact) mass is 272 g/mol. The van der Waals surface area contributed by atoms with E-state index in [1.807, 2.05) is 0 Å². The van der Waals surface area contributed by atoms with Crippen LogP contribution in [0, 0.1) is 0 Å². The number of hydrogen-bond donors (Lipinski definition) is 6. The van der Waals surface area contributed by atoms with Crippen LogP contribution >= 0.6 is 0 Å². The van der Waals surface area contributed by atoms with Gasteiger partial charge in [-0.3, -0.25) is 0 Å². The lowest BCUT2D eigenvalue weighted by Crippen LogP contribution is -2.42. The van der Waals surface area contributed by atoms with Crippen molar-refractivity contribution in [3.8, 4) is 0 Å². The van der Waals surface area contributed by atoms with Crippen molar-refractivity contribution in [2.45, 2.75) is 37.3 Å². The largest absolute Gasteiger partial charge is 0.411 e. The zero-order chi connectivity index (χ0) is 12.3. The fraction of sp³-hybridized carbons (Fsp3) is 1.00. The van der Waals surface area contributed by atoms with Gasteiger partial charge in [0.1, 0.15) is 0 Å². The molecule has 0 aromatic rings. The Morgan fingerprint density at radius 2 is 0.867 bits per heavy atom. The first kappa shape index (κ1) is 15.4. The maximum Gasteiger partial charge on any atom is 0.332 e. The van der Waals surface area contributed by atoms with E-state index in [4.69, 9.17) is 19.2 Å². The van der Waals surface area contributed by atoms with E-state index < -0.39 is 25.7 Å². The molecule has 0 heterocycles. The zero-order valence-corrected chi connectivity index (χ0v) is 12.0. The summed E-state index contributed by atoms with van der Waals surface area (Å²) in [4.78, 5) is 55.5. The predicted octanol–water partition coefficient (Wildman–Crippen LogP) is -1.47. The molecule has 6 N–H and O–H groups in total. The average Bonchev–Trinajstić information content (AvgIpc) is 1.96. The third kappa shape index (κ3) is 10.7. The van der Waals surface area contributed by atoms with Gasteiger partial charge in [-0.15, -0.1) is 0 Å². The van der Waals surface area contributed by atoms with Crippen molar-refractivity contribution >= 4 is 25.7 Å². The van der Waals surface area contributed by atoms with Crippen molar-refractivity contribution in [2.75, 3.05) is 0 Å². The third-order valence-corrected chi connectivity index (χ3v) is 7.49. The summed E-state index contributed by atoms with van der Waals surface area (Å²) in [6.07, 6.45) is 0. The predicted molar refractivity (Wildman–Crippen MR) is 61.5 cm³/mol. The highest BCUT2D eigenvalue weighted by Gasteiger charge is 2.36. The molecule has 15 heavy (non-hydrogen) atoms. The van der Waals surface area contributed by atoms with Crippen molar-refractivity contribution in [3.63, 3.8) is 0 Å². The first-order valence-electron chi connectivity index (χ1n) is 4.76. The number of hydrogen-bond acceptors (Lipinski definition) is 6. The Morgan fingerprint density at radius 1 is 0.600 bits per heavy atom. The quantitative estimate of drug-likeness (QED) is 0.328. The molecule has 0 spiro atoms. The maximum absolute atomic E-state index is 9.54. The fourth-order valence-electron chi connectivity index (χ4n) is 0.999. The highest BCUT2D eigenvalue weighted by atomic mass is 28.4. The van der Waals surface area contributed by atoms with Crippen LogP contribution in [0.2, 0.25) is 37.3 Å². The smallest absolute Gasteiger partial charge is 0.332 e. The van der Waals surface area contributed by atoms with E-state index in [9.17, 15) is 9.59 Å². The number of rotatable bonds is 6. The van der Waals surface area contributed by atoms with Crippen LogP contribution in [0.3, 0.4) is 0 Å². The van der Waals surface area contributed by atoms with Crippen molar-refractivity contribution < 1.29 is 28.8 Å². The van der Waals surface area contributed by atoms with Crippen molar-refractivity contribution in [2.24, 2.45) is 0 Å². The van der Waals surface area contributed by atoms with Gasteiger partial charge in [0, 0.05) is 0 Å². The molecular formula is C6H20O6Si3. The lowest BCUT2D eigenvalue weighted by molar-refractivity contribution is 0.338. The highest BCUT2D eigenvalue weighted by molar-refractivity contribution is 6.72. The van der Waals surface area contributed by atoms with Gasteiger partial charge >= 0.3 is 25.7 Å². The first-order chi connectivity index (χ1) is 6.41. The van der Waals surface area contributed by atoms with Gasteiger partial charge in [0.2, 0.25) is 0 Å². The van der Waals surface area contributed by atoms with E-state index in [-0.39, 0.29) is 24.2 Å². The Hall–Kier alpha value is 0.411. The van der Waals surface area contributed by atoms with Crippen LogP contribution in [-0.2, 0) is 0 Å². The van der Waals surface area contributed by atoms with Gasteiger partial charge < -0.3 is 28.8 Å². The van der Waals surface area contributed by atoms with Crippen LogP contribution in [-0.4, -0.2) is 54.5 Å². The second-order valence-electron chi connectivity index (χ2n) is 4.42. The summed E-state index contributed by atoms with van der Waals surface area (Å²) in [6.45, 7) is 2.60. The summed E-state index contributed by atoms with van der Waals surface area (Å²) in [6, 6.07) is -0.0664. The molecule has 0 saturated carbocycles. The van der Waals surface area contributed by atoms with Crippen molar-refractivity contribution in [1.29, 1.82) is 0 Å². The average molecular weight is 272 g/mol. The van der Waals surface area contributed by atoms with E-state index in [1.165, 1.54) is 13.1 Å². The van der Waals surface area contributed by atoms with Gasteiger partial charge in [0.05, 0.1) is 0 Å². The molecule has 92 valence electrons. The summed E-state index contributed by atoms with van der Waals surface area (Å²) < 4.78 is 0. The molecule has 0 aliphatic rings. The minimum absolute atomic E-state index is 0.00134. The molecule has 6 nitrogen and oxygen atoms in total. The van der Waals surface area contributed by atoms with Gasteiger partial charge in [-0.2, -0.15) is 0 Å². The van der Waals surface area contributed by atoms with E-state index >= 15 is 0 Å². The molecule has 0 fully saturated rings. The normalized spacial score (nSPS) is 14.4. The lowest BCUT2D eigenvalue weighted by Gasteiger charge is -2.22. The minimum atomic E-state index is -3.49. The van der Waals surface area contributed by atoms with Crippen LogP contribution in [0.25, 0.3) is 0 Å². The summed E-state index contributed by atoms with van der Waals surface area (Å²) in [5.74, 6) is 0. The Morgan fingerprint density at radius 3 is 1.07 bits per heavy atom. The molecule has 0 unspecified atom stereocenters. The first-order valence-corrected chi connectivity index (χ1v) is 12.3. The summed E-state index contributed by atoms with van der Waals surface area (Å²) in [5.41, 5.74) is 0. The Labute approximate surface area is 92.2 Å². The SMILES string of the molecule is C[Si](O)(O)CC[Si](O)(O)CC[Si](C)(O)O. The third-order valence-electron chi connectivity index (χ3n) is 2.00. The van der Waals surface area contributed by atoms with Crippen LogP contribution < -0.4 is 0 Å². The molecule has 0 aromatic heterocycles. The molecular weight excluding hydrogens is 252 g/mol. The van der Waals surface area contributed by atoms with E-state index in [0.717, 1.165) is 0 Å². The molecule has 0 aliphatic carbocycles. The molecule has 9 heteroatoms. The van der Waals surface area contributed by atoms with Gasteiger partial charge in [-0.25, -0.2) is 0 Å². The van der Waals surface area contributed by atoms with Crippen LogP contribution in [0.15, 0.2) is 0 Å². The van der Waals surface area contributed by atoms with E-state index in [1.54, 1.807) is 0 Å². The summed E-state index contributed by atoms with van der Waals surface area (Å²) in [5, 5.41) is 0. The molecule has 0 saturated heterocycles. The zero-order valence-electron chi connectivity index (χ0n) is 9.01. The molecule has 0 aliphatic heterocycles.